The van der Waals surface area contributed by atoms with E-state index in [1.54, 1.807) is 5.32 Å². The summed E-state index contributed by atoms with van der Waals surface area (Å²) in [6.45, 7) is 0.865. The number of benzene rings is 2. The molecular weight excluding hydrogens is 477 g/mol. The quantitative estimate of drug-likeness (QED) is 0.386. The monoisotopic (exact) mass is 491 g/mol. The van der Waals surface area contributed by atoms with E-state index in [0.29, 0.717) is 11.8 Å². The first-order valence-corrected chi connectivity index (χ1v) is 9.52. The van der Waals surface area contributed by atoms with Gasteiger partial charge < -0.3 is 10.4 Å². The minimum Gasteiger partial charge on any atom is -0.379 e. The average molecular weight is 491 g/mol. The van der Waals surface area contributed by atoms with Gasteiger partial charge in [-0.1, -0.05) is 12.1 Å². The summed E-state index contributed by atoms with van der Waals surface area (Å²) in [5, 5.41) is 12.1. The third-order valence-electron chi connectivity index (χ3n) is 4.04. The van der Waals surface area contributed by atoms with Crippen LogP contribution in [-0.4, -0.2) is 22.4 Å². The molecule has 2 aromatic rings. The number of anilines is 1. The number of amides is 1. The molecule has 1 amide bonds. The smallest absolute Gasteiger partial charge is 0.379 e. The number of halogens is 9. The van der Waals surface area contributed by atoms with Crippen molar-refractivity contribution in [1.29, 1.82) is 0 Å². The molecule has 2 N–H and O–H groups in total. The molecule has 0 radical (unpaired) electrons. The first kappa shape index (κ1) is 25.8. The maximum atomic E-state index is 13.0. The number of carbonyl (C=O) groups is 1. The van der Waals surface area contributed by atoms with Crippen LogP contribution in [0, 0.1) is 0 Å². The molecule has 0 spiro atoms. The number of hydrogen-bond acceptors (Lipinski definition) is 3. The topological polar surface area (TPSA) is 49.3 Å². The molecule has 13 heteroatoms. The Hall–Kier alpha value is -2.41. The number of rotatable bonds is 5. The summed E-state index contributed by atoms with van der Waals surface area (Å²) in [6.07, 6.45) is -15.0. The van der Waals surface area contributed by atoms with E-state index in [9.17, 15) is 49.4 Å². The van der Waals surface area contributed by atoms with Gasteiger partial charge in [0.15, 0.2) is 0 Å². The fraction of sp³-hybridized carbons (Fsp3) is 0.316. The third kappa shape index (κ3) is 6.55. The lowest BCUT2D eigenvalue weighted by molar-refractivity contribution is -0.143. The summed E-state index contributed by atoms with van der Waals surface area (Å²) in [4.78, 5) is 12.0. The molecule has 0 saturated carbocycles. The van der Waals surface area contributed by atoms with Gasteiger partial charge in [-0.3, -0.25) is 4.79 Å². The summed E-state index contributed by atoms with van der Waals surface area (Å²) >= 11 is 0.444. The molecule has 3 nitrogen and oxygen atoms in total. The number of alkyl halides is 9. The zero-order chi connectivity index (χ0) is 24.5. The Balaban J connectivity index is 2.25. The second kappa shape index (κ2) is 8.85. The van der Waals surface area contributed by atoms with Crippen molar-refractivity contribution in [2.45, 2.75) is 35.9 Å². The zero-order valence-corrected chi connectivity index (χ0v) is 16.7. The van der Waals surface area contributed by atoms with E-state index in [-0.39, 0.29) is 23.1 Å². The van der Waals surface area contributed by atoms with E-state index >= 15 is 0 Å². The van der Waals surface area contributed by atoms with Crippen LogP contribution < -0.4 is 5.32 Å². The minimum atomic E-state index is -5.15. The molecule has 2 rings (SSSR count). The van der Waals surface area contributed by atoms with Gasteiger partial charge in [0.1, 0.15) is 5.60 Å². The molecule has 1 atom stereocenters. The van der Waals surface area contributed by atoms with Crippen LogP contribution in [0.3, 0.4) is 0 Å². The van der Waals surface area contributed by atoms with Gasteiger partial charge in [0, 0.05) is 16.3 Å². The van der Waals surface area contributed by atoms with Gasteiger partial charge in [-0.2, -0.15) is 39.5 Å². The van der Waals surface area contributed by atoms with Crippen molar-refractivity contribution in [2.24, 2.45) is 0 Å². The van der Waals surface area contributed by atoms with Gasteiger partial charge in [-0.05, 0) is 37.3 Å². The van der Waals surface area contributed by atoms with Crippen molar-refractivity contribution in [3.8, 4) is 0 Å². The second-order valence-corrected chi connectivity index (χ2v) is 7.82. The number of hydrogen-bond donors (Lipinski definition) is 2. The van der Waals surface area contributed by atoms with Crippen molar-refractivity contribution in [3.05, 3.63) is 59.2 Å². The predicted octanol–water partition coefficient (Wildman–Crippen LogP) is 6.22. The molecule has 0 aliphatic carbocycles. The standard InChI is InChI=1S/C19H14F9NO2S/c1-16(31,9-32-14-5-3-2-4-13(14)19(26,27)28)15(30)29-12-7-10(17(20,21)22)6-11(8-12)18(23,24)25/h2-8,31H,9H2,1H3,(H,29,30). The van der Waals surface area contributed by atoms with Gasteiger partial charge in [0.2, 0.25) is 0 Å². The van der Waals surface area contributed by atoms with Crippen molar-refractivity contribution in [2.75, 3.05) is 11.1 Å². The van der Waals surface area contributed by atoms with Gasteiger partial charge in [0.25, 0.3) is 5.91 Å². The van der Waals surface area contributed by atoms with Crippen LogP contribution in [0.4, 0.5) is 45.2 Å². The fourth-order valence-corrected chi connectivity index (χ4v) is 3.49. The van der Waals surface area contributed by atoms with Crippen molar-refractivity contribution < 1.29 is 49.4 Å². The SMILES string of the molecule is CC(O)(CSc1ccccc1C(F)(F)F)C(=O)Nc1cc(C(F)(F)F)cc(C(F)(F)F)c1. The summed E-state index contributed by atoms with van der Waals surface area (Å²) in [5.41, 5.74) is -7.73. The minimum absolute atomic E-state index is 0.141. The average Bonchev–Trinajstić information content (AvgIpc) is 2.64. The first-order chi connectivity index (χ1) is 14.4. The van der Waals surface area contributed by atoms with Crippen LogP contribution in [0.2, 0.25) is 0 Å². The van der Waals surface area contributed by atoms with Crippen molar-refractivity contribution >= 4 is 23.4 Å². The van der Waals surface area contributed by atoms with E-state index < -0.39 is 58.2 Å². The zero-order valence-electron chi connectivity index (χ0n) is 15.9. The predicted molar refractivity (Wildman–Crippen MR) is 97.9 cm³/mol. The molecule has 1 unspecified atom stereocenters. The van der Waals surface area contributed by atoms with Crippen LogP contribution in [-0.2, 0) is 23.3 Å². The normalized spacial score (nSPS) is 14.7. The lowest BCUT2D eigenvalue weighted by Gasteiger charge is -2.23. The van der Waals surface area contributed by atoms with E-state index in [4.69, 9.17) is 0 Å². The Kier molecular flexibility index (Phi) is 7.15. The summed E-state index contributed by atoms with van der Waals surface area (Å²) in [7, 11) is 0. The molecule has 0 saturated heterocycles. The molecule has 0 aromatic heterocycles. The van der Waals surface area contributed by atoms with Crippen LogP contribution in [0.15, 0.2) is 47.4 Å². The molecule has 0 heterocycles. The van der Waals surface area contributed by atoms with Crippen LogP contribution >= 0.6 is 11.8 Å². The van der Waals surface area contributed by atoms with Gasteiger partial charge in [0.05, 0.1) is 16.7 Å². The van der Waals surface area contributed by atoms with E-state index in [2.05, 4.69) is 0 Å². The summed E-state index contributed by atoms with van der Waals surface area (Å²) < 4.78 is 117. The first-order valence-electron chi connectivity index (χ1n) is 8.53. The number of thioether (sulfide) groups is 1. The maximum Gasteiger partial charge on any atom is 0.417 e. The molecule has 176 valence electrons. The maximum absolute atomic E-state index is 13.0. The van der Waals surface area contributed by atoms with Crippen LogP contribution in [0.5, 0.6) is 0 Å². The van der Waals surface area contributed by atoms with E-state index in [1.165, 1.54) is 6.07 Å². The number of nitrogens with one attached hydrogen (secondary N) is 1. The highest BCUT2D eigenvalue weighted by molar-refractivity contribution is 7.99. The second-order valence-electron chi connectivity index (χ2n) is 6.81. The molecule has 0 bridgehead atoms. The Labute approximate surface area is 179 Å². The van der Waals surface area contributed by atoms with Crippen molar-refractivity contribution in [1.82, 2.24) is 0 Å². The van der Waals surface area contributed by atoms with Gasteiger partial charge in [-0.15, -0.1) is 11.8 Å². The van der Waals surface area contributed by atoms with E-state index in [0.717, 1.165) is 25.1 Å². The molecular formula is C19H14F9NO2S. The van der Waals surface area contributed by atoms with Gasteiger partial charge >= 0.3 is 18.5 Å². The Morgan fingerprint density at radius 3 is 1.84 bits per heavy atom. The summed E-state index contributed by atoms with van der Waals surface area (Å²) in [5.74, 6) is -2.07. The van der Waals surface area contributed by atoms with Crippen molar-refractivity contribution in [3.63, 3.8) is 0 Å². The molecule has 0 aliphatic heterocycles. The highest BCUT2D eigenvalue weighted by Gasteiger charge is 2.39. The largest absolute Gasteiger partial charge is 0.417 e. The van der Waals surface area contributed by atoms with Crippen LogP contribution in [0.25, 0.3) is 0 Å². The molecule has 32 heavy (non-hydrogen) atoms. The Morgan fingerprint density at radius 2 is 1.38 bits per heavy atom. The number of carbonyl (C=O) groups excluding carboxylic acids is 1. The van der Waals surface area contributed by atoms with Crippen LogP contribution in [0.1, 0.15) is 23.6 Å². The highest BCUT2D eigenvalue weighted by atomic mass is 32.2. The summed E-state index contributed by atoms with van der Waals surface area (Å²) in [6, 6.07) is 4.63. The molecule has 0 fully saturated rings. The lowest BCUT2D eigenvalue weighted by Crippen LogP contribution is -2.42. The number of aliphatic hydroxyl groups is 1. The lowest BCUT2D eigenvalue weighted by atomic mass is 10.1. The van der Waals surface area contributed by atoms with E-state index in [1.807, 2.05) is 0 Å². The van der Waals surface area contributed by atoms with Gasteiger partial charge in [-0.25, -0.2) is 0 Å². The third-order valence-corrected chi connectivity index (χ3v) is 5.41. The molecule has 2 aromatic carbocycles. The fourth-order valence-electron chi connectivity index (χ4n) is 2.40. The Morgan fingerprint density at radius 1 is 0.875 bits per heavy atom. The Bertz CT molecular complexity index is 950. The molecule has 0 aliphatic rings. The highest BCUT2D eigenvalue weighted by Crippen LogP contribution is 2.39.